The quantitative estimate of drug-likeness (QED) is 0.601. The minimum atomic E-state index is -3.59. The number of aromatic nitrogens is 2. The molecule has 10 nitrogen and oxygen atoms in total. The lowest BCUT2D eigenvalue weighted by atomic mass is 10.3. The Labute approximate surface area is 172 Å². The largest absolute Gasteiger partial charge is 0.476 e. The molecular weight excluding hydrogens is 448 g/mol. The van der Waals surface area contributed by atoms with Crippen LogP contribution in [-0.2, 0) is 19.7 Å². The van der Waals surface area contributed by atoms with E-state index in [0.717, 1.165) is 6.07 Å². The van der Waals surface area contributed by atoms with Gasteiger partial charge in [0.2, 0.25) is 0 Å². The average Bonchev–Trinajstić information content (AvgIpc) is 2.68. The molecule has 0 aliphatic carbocycles. The molecule has 2 aromatic rings. The zero-order chi connectivity index (χ0) is 22.4. The predicted molar refractivity (Wildman–Crippen MR) is 103 cm³/mol. The van der Waals surface area contributed by atoms with Gasteiger partial charge < -0.3 is 10.2 Å². The van der Waals surface area contributed by atoms with Crippen LogP contribution in [0.5, 0.6) is 0 Å². The van der Waals surface area contributed by atoms with Crippen molar-refractivity contribution >= 4 is 43.2 Å². The topological polar surface area (TPSA) is 169 Å². The zero-order valence-electron chi connectivity index (χ0n) is 15.2. The summed E-state index contributed by atoms with van der Waals surface area (Å²) >= 11 is 5.48. The van der Waals surface area contributed by atoms with Crippen LogP contribution in [0.2, 0.25) is 5.15 Å². The number of nitrogens with zero attached hydrogens (tertiary/aromatic N) is 2. The van der Waals surface area contributed by atoms with Gasteiger partial charge in [-0.25, -0.2) is 36.4 Å². The molecule has 0 radical (unpaired) electrons. The summed E-state index contributed by atoms with van der Waals surface area (Å²) in [5.41, 5.74) is -0.960. The molecule has 0 aliphatic heterocycles. The number of hydrogen-bond donors (Lipinski definition) is 2. The lowest BCUT2D eigenvalue weighted by molar-refractivity contribution is 0.0675. The molecule has 0 unspecified atom stereocenters. The highest BCUT2D eigenvalue weighted by Crippen LogP contribution is 2.18. The van der Waals surface area contributed by atoms with Gasteiger partial charge in [0, 0.05) is 6.20 Å². The van der Waals surface area contributed by atoms with Crippen LogP contribution >= 0.6 is 11.6 Å². The maximum absolute atomic E-state index is 11.5. The van der Waals surface area contributed by atoms with E-state index in [1.54, 1.807) is 0 Å². The van der Waals surface area contributed by atoms with Gasteiger partial charge in [-0.2, -0.15) is 0 Å². The first-order valence-electron chi connectivity index (χ1n) is 7.91. The van der Waals surface area contributed by atoms with E-state index in [0.29, 0.717) is 0 Å². The molecule has 0 bridgehead atoms. The van der Waals surface area contributed by atoms with Crippen molar-refractivity contribution in [3.05, 3.63) is 47.0 Å². The van der Waals surface area contributed by atoms with E-state index < -0.39 is 43.0 Å². The van der Waals surface area contributed by atoms with E-state index in [4.69, 9.17) is 21.8 Å². The van der Waals surface area contributed by atoms with Crippen LogP contribution < -0.4 is 0 Å². The lowest BCUT2D eigenvalue weighted by Crippen LogP contribution is -2.12. The van der Waals surface area contributed by atoms with E-state index in [1.807, 2.05) is 0 Å². The Kier molecular flexibility index (Phi) is 8.24. The summed E-state index contributed by atoms with van der Waals surface area (Å²) in [6.07, 6.45) is 1.25. The van der Waals surface area contributed by atoms with Gasteiger partial charge in [-0.05, 0) is 24.3 Å². The fraction of sp³-hybridized carbons (Fsp3) is 0.250. The number of sulfone groups is 2. The molecule has 2 rings (SSSR count). The van der Waals surface area contributed by atoms with Crippen LogP contribution in [-0.4, -0.2) is 60.5 Å². The molecule has 0 amide bonds. The van der Waals surface area contributed by atoms with E-state index in [9.17, 15) is 26.4 Å². The zero-order valence-corrected chi connectivity index (χ0v) is 17.6. The van der Waals surface area contributed by atoms with Crippen molar-refractivity contribution in [1.29, 1.82) is 0 Å². The Morgan fingerprint density at radius 3 is 1.83 bits per heavy atom. The van der Waals surface area contributed by atoms with Crippen LogP contribution in [0.25, 0.3) is 0 Å². The van der Waals surface area contributed by atoms with Gasteiger partial charge in [0.15, 0.2) is 31.1 Å². The van der Waals surface area contributed by atoms with Crippen molar-refractivity contribution in [1.82, 2.24) is 9.97 Å². The van der Waals surface area contributed by atoms with E-state index in [1.165, 1.54) is 38.2 Å². The van der Waals surface area contributed by atoms with Crippen molar-refractivity contribution in [2.75, 3.05) is 11.5 Å². The molecule has 13 heteroatoms. The van der Waals surface area contributed by atoms with Crippen molar-refractivity contribution in [3.63, 3.8) is 0 Å². The normalized spacial score (nSPS) is 11.3. The molecule has 0 saturated heterocycles. The average molecular weight is 465 g/mol. The first-order chi connectivity index (χ1) is 13.4. The summed E-state index contributed by atoms with van der Waals surface area (Å²) in [4.78, 5) is 27.9. The van der Waals surface area contributed by atoms with E-state index >= 15 is 0 Å². The summed E-state index contributed by atoms with van der Waals surface area (Å²) in [6.45, 7) is 2.88. The van der Waals surface area contributed by atoms with Crippen LogP contribution in [0, 0.1) is 0 Å². The summed E-state index contributed by atoms with van der Waals surface area (Å²) in [7, 11) is -7.11. The van der Waals surface area contributed by atoms with Crippen molar-refractivity contribution in [3.8, 4) is 0 Å². The van der Waals surface area contributed by atoms with Gasteiger partial charge in [0.05, 0.1) is 16.4 Å². The van der Waals surface area contributed by atoms with Gasteiger partial charge in [0.25, 0.3) is 0 Å². The SMILES string of the molecule is CCS(=O)(=O)c1ccc(Cl)nc1C(=O)O.CCS(=O)(=O)c1cccnc1C(=O)O. The van der Waals surface area contributed by atoms with Crippen molar-refractivity contribution < 1.29 is 36.6 Å². The molecule has 2 heterocycles. The molecule has 29 heavy (non-hydrogen) atoms. The Hall–Kier alpha value is -2.57. The van der Waals surface area contributed by atoms with Gasteiger partial charge in [-0.3, -0.25) is 0 Å². The molecule has 0 fully saturated rings. The molecular formula is C16H17ClN2O8S2. The predicted octanol–water partition coefficient (Wildman–Crippen LogP) is 1.80. The first-order valence-corrected chi connectivity index (χ1v) is 11.6. The minimum absolute atomic E-state index is 0.0533. The summed E-state index contributed by atoms with van der Waals surface area (Å²) in [6, 6.07) is 5.04. The minimum Gasteiger partial charge on any atom is -0.476 e. The Balaban J connectivity index is 0.000000291. The third-order valence-corrected chi connectivity index (χ3v) is 7.16. The second-order valence-corrected chi connectivity index (χ2v) is 10.1. The summed E-state index contributed by atoms with van der Waals surface area (Å²) in [5.74, 6) is -3.07. The molecule has 0 saturated carbocycles. The fourth-order valence-electron chi connectivity index (χ4n) is 1.94. The second-order valence-electron chi connectivity index (χ2n) is 5.25. The third kappa shape index (κ3) is 6.21. The molecule has 2 aromatic heterocycles. The van der Waals surface area contributed by atoms with Crippen molar-refractivity contribution in [2.45, 2.75) is 23.6 Å². The Morgan fingerprint density at radius 2 is 1.38 bits per heavy atom. The fourth-order valence-corrected chi connectivity index (χ4v) is 4.13. The number of aromatic carboxylic acids is 2. The monoisotopic (exact) mass is 464 g/mol. The highest BCUT2D eigenvalue weighted by Gasteiger charge is 2.22. The number of rotatable bonds is 6. The van der Waals surface area contributed by atoms with Crippen LogP contribution in [0.3, 0.4) is 0 Å². The van der Waals surface area contributed by atoms with Gasteiger partial charge in [0.1, 0.15) is 10.0 Å². The third-order valence-electron chi connectivity index (χ3n) is 3.43. The Morgan fingerprint density at radius 1 is 0.897 bits per heavy atom. The number of carboxylic acids is 2. The van der Waals surface area contributed by atoms with Gasteiger partial charge >= 0.3 is 11.9 Å². The number of carbonyl (C=O) groups is 2. The van der Waals surface area contributed by atoms with Gasteiger partial charge in [-0.1, -0.05) is 25.4 Å². The molecule has 0 spiro atoms. The molecule has 0 atom stereocenters. The summed E-state index contributed by atoms with van der Waals surface area (Å²) in [5, 5.41) is 17.4. The highest BCUT2D eigenvalue weighted by atomic mass is 35.5. The van der Waals surface area contributed by atoms with Gasteiger partial charge in [-0.15, -0.1) is 0 Å². The van der Waals surface area contributed by atoms with Crippen LogP contribution in [0.4, 0.5) is 0 Å². The van der Waals surface area contributed by atoms with Crippen LogP contribution in [0.15, 0.2) is 40.3 Å². The summed E-state index contributed by atoms with van der Waals surface area (Å²) < 4.78 is 45.8. The first kappa shape index (κ1) is 24.5. The van der Waals surface area contributed by atoms with Crippen molar-refractivity contribution in [2.24, 2.45) is 0 Å². The standard InChI is InChI=1S/C8H8ClNO4S.C8H9NO4S/c1-2-15(13,14)5-3-4-6(9)10-7(5)8(11)12;1-2-14(12,13)6-4-3-5-9-7(6)8(10)11/h3-4H,2H2,1H3,(H,11,12);3-5H,2H2,1H3,(H,10,11). The van der Waals surface area contributed by atoms with Crippen LogP contribution in [0.1, 0.15) is 34.8 Å². The second kappa shape index (κ2) is 9.76. The maximum atomic E-state index is 11.5. The molecule has 0 aliphatic rings. The van der Waals surface area contributed by atoms with E-state index in [2.05, 4.69) is 9.97 Å². The number of halogens is 1. The highest BCUT2D eigenvalue weighted by molar-refractivity contribution is 7.91. The maximum Gasteiger partial charge on any atom is 0.355 e. The molecule has 2 N–H and O–H groups in total. The number of hydrogen-bond acceptors (Lipinski definition) is 8. The number of carboxylic acid groups (broad SMARTS) is 2. The van der Waals surface area contributed by atoms with E-state index in [-0.39, 0.29) is 26.4 Å². The molecule has 0 aromatic carbocycles. The lowest BCUT2D eigenvalue weighted by Gasteiger charge is -2.04. The Bertz CT molecular complexity index is 1130. The molecule has 158 valence electrons. The smallest absolute Gasteiger partial charge is 0.355 e. The number of pyridine rings is 2.